The van der Waals surface area contributed by atoms with Gasteiger partial charge < -0.3 is 0 Å². The third-order valence-electron chi connectivity index (χ3n) is 1.88. The first-order valence-corrected chi connectivity index (χ1v) is 6.45. The van der Waals surface area contributed by atoms with E-state index in [4.69, 9.17) is 0 Å². The summed E-state index contributed by atoms with van der Waals surface area (Å²) in [5, 5.41) is 2.12. The molecular formula is C16H27N. The molecule has 0 unspecified atom stereocenters. The molecule has 1 aromatic heterocycles. The zero-order chi connectivity index (χ0) is 13.7. The van der Waals surface area contributed by atoms with Gasteiger partial charge in [0, 0.05) is 12.4 Å². The molecule has 1 nitrogen and oxygen atoms in total. The second-order valence-electron chi connectivity index (χ2n) is 3.32. The Morgan fingerprint density at radius 3 is 2.18 bits per heavy atom. The van der Waals surface area contributed by atoms with Crippen LogP contribution in [0.15, 0.2) is 31.1 Å². The number of rotatable bonds is 2. The van der Waals surface area contributed by atoms with Crippen LogP contribution in [0.4, 0.5) is 0 Å². The van der Waals surface area contributed by atoms with Crippen molar-refractivity contribution in [3.05, 3.63) is 41.6 Å². The fourth-order valence-corrected chi connectivity index (χ4v) is 1.19. The topological polar surface area (TPSA) is 12.9 Å². The zero-order valence-electron chi connectivity index (χ0n) is 12.1. The van der Waals surface area contributed by atoms with Gasteiger partial charge in [0.25, 0.3) is 0 Å². The quantitative estimate of drug-likeness (QED) is 0.759. The van der Waals surface area contributed by atoms with E-state index in [1.807, 2.05) is 26.0 Å². The summed E-state index contributed by atoms with van der Waals surface area (Å²) in [5.41, 5.74) is 1.22. The van der Waals surface area contributed by atoms with E-state index in [0.29, 0.717) is 0 Å². The SMILES string of the molecule is C=C/C(CC)=c1/ccncc1=C.CC.CCC. The summed E-state index contributed by atoms with van der Waals surface area (Å²) in [6.45, 7) is 18.0. The van der Waals surface area contributed by atoms with Gasteiger partial charge in [-0.2, -0.15) is 0 Å². The first-order valence-electron chi connectivity index (χ1n) is 6.45. The molecular weight excluding hydrogens is 206 g/mol. The summed E-state index contributed by atoms with van der Waals surface area (Å²) in [7, 11) is 0. The van der Waals surface area contributed by atoms with Gasteiger partial charge in [-0.05, 0) is 28.5 Å². The molecule has 0 saturated heterocycles. The highest BCUT2D eigenvalue weighted by Gasteiger charge is 1.89. The predicted octanol–water partition coefficient (Wildman–Crippen LogP) is 3.68. The largest absolute Gasteiger partial charge is 0.264 e. The fraction of sp³-hybridized carbons (Fsp3) is 0.438. The van der Waals surface area contributed by atoms with Gasteiger partial charge in [0.2, 0.25) is 0 Å². The second kappa shape index (κ2) is 12.7. The first kappa shape index (κ1) is 18.0. The summed E-state index contributed by atoms with van der Waals surface area (Å²) in [6.07, 6.45) is 7.66. The Balaban J connectivity index is 0. The van der Waals surface area contributed by atoms with Crippen LogP contribution in [0.2, 0.25) is 0 Å². The molecule has 96 valence electrons. The first-order chi connectivity index (χ1) is 8.21. The maximum atomic E-state index is 3.99. The van der Waals surface area contributed by atoms with Crippen LogP contribution < -0.4 is 10.4 Å². The van der Waals surface area contributed by atoms with E-state index in [-0.39, 0.29) is 0 Å². The van der Waals surface area contributed by atoms with Crippen molar-refractivity contribution >= 4 is 12.2 Å². The minimum atomic E-state index is 0.967. The van der Waals surface area contributed by atoms with Gasteiger partial charge in [0.15, 0.2) is 0 Å². The molecule has 0 aliphatic heterocycles. The molecule has 0 aliphatic carbocycles. The van der Waals surface area contributed by atoms with E-state index in [1.54, 1.807) is 12.4 Å². The van der Waals surface area contributed by atoms with Gasteiger partial charge in [-0.25, -0.2) is 0 Å². The van der Waals surface area contributed by atoms with E-state index in [1.165, 1.54) is 12.0 Å². The third kappa shape index (κ3) is 7.51. The summed E-state index contributed by atoms with van der Waals surface area (Å²) in [5.74, 6) is 0. The maximum Gasteiger partial charge on any atom is 0.0340 e. The van der Waals surface area contributed by atoms with Crippen LogP contribution in [0.1, 0.15) is 47.5 Å². The Labute approximate surface area is 107 Å². The molecule has 0 atom stereocenters. The van der Waals surface area contributed by atoms with Crippen molar-refractivity contribution in [3.8, 4) is 0 Å². The van der Waals surface area contributed by atoms with Crippen molar-refractivity contribution in [1.29, 1.82) is 0 Å². The second-order valence-corrected chi connectivity index (χ2v) is 3.32. The summed E-state index contributed by atoms with van der Waals surface area (Å²) >= 11 is 0. The van der Waals surface area contributed by atoms with Crippen molar-refractivity contribution in [2.24, 2.45) is 0 Å². The van der Waals surface area contributed by atoms with Crippen molar-refractivity contribution in [1.82, 2.24) is 4.98 Å². The molecule has 1 rings (SSSR count). The monoisotopic (exact) mass is 233 g/mol. The normalized spacial score (nSPS) is 10.2. The maximum absolute atomic E-state index is 3.99. The van der Waals surface area contributed by atoms with E-state index < -0.39 is 0 Å². The van der Waals surface area contributed by atoms with Crippen molar-refractivity contribution in [2.75, 3.05) is 0 Å². The van der Waals surface area contributed by atoms with Crippen LogP contribution >= 0.6 is 0 Å². The van der Waals surface area contributed by atoms with Gasteiger partial charge in [-0.1, -0.05) is 60.3 Å². The molecule has 1 heteroatoms. The highest BCUT2D eigenvalue weighted by atomic mass is 14.6. The molecule has 0 spiro atoms. The third-order valence-corrected chi connectivity index (χ3v) is 1.88. The lowest BCUT2D eigenvalue weighted by atomic mass is 10.1. The molecule has 0 aromatic carbocycles. The van der Waals surface area contributed by atoms with E-state index >= 15 is 0 Å². The van der Waals surface area contributed by atoms with Crippen LogP contribution in [-0.4, -0.2) is 4.98 Å². The molecule has 0 fully saturated rings. The molecule has 0 amide bonds. The number of hydrogen-bond donors (Lipinski definition) is 0. The average molecular weight is 233 g/mol. The summed E-state index contributed by atoms with van der Waals surface area (Å²) in [6, 6.07) is 1.98. The van der Waals surface area contributed by atoms with Gasteiger partial charge >= 0.3 is 0 Å². The molecule has 17 heavy (non-hydrogen) atoms. The van der Waals surface area contributed by atoms with E-state index in [2.05, 4.69) is 38.9 Å². The van der Waals surface area contributed by atoms with Crippen molar-refractivity contribution < 1.29 is 0 Å². The summed E-state index contributed by atoms with van der Waals surface area (Å²) < 4.78 is 0. The summed E-state index contributed by atoms with van der Waals surface area (Å²) in [4.78, 5) is 3.99. The number of aromatic nitrogens is 1. The van der Waals surface area contributed by atoms with Crippen LogP contribution in [0, 0.1) is 0 Å². The minimum absolute atomic E-state index is 0.967. The standard InChI is InChI=1S/C11H13N.C3H8.C2H6/c1-4-10(5-2)11-6-7-12-8-9(11)3;1-3-2;1-2/h4,6-8H,1,3,5H2,2H3;3H2,1-2H3;1-2H3/b11-10+;;. The lowest BCUT2D eigenvalue weighted by Crippen LogP contribution is -2.25. The lowest BCUT2D eigenvalue weighted by molar-refractivity contribution is 1.09. The number of allylic oxidation sites excluding steroid dienone is 1. The van der Waals surface area contributed by atoms with Gasteiger partial charge in [0.1, 0.15) is 0 Å². The van der Waals surface area contributed by atoms with Crippen LogP contribution in [0.3, 0.4) is 0 Å². The number of pyridine rings is 1. The minimum Gasteiger partial charge on any atom is -0.264 e. The Bertz CT molecular complexity index is 390. The molecule has 0 N–H and O–H groups in total. The molecule has 0 saturated carbocycles. The van der Waals surface area contributed by atoms with Crippen molar-refractivity contribution in [3.63, 3.8) is 0 Å². The Kier molecular flexibility index (Phi) is 13.5. The number of hydrogen-bond acceptors (Lipinski definition) is 1. The average Bonchev–Trinajstić information content (AvgIpc) is 2.36. The molecule has 0 bridgehead atoms. The Morgan fingerprint density at radius 1 is 1.29 bits per heavy atom. The smallest absolute Gasteiger partial charge is 0.0340 e. The zero-order valence-corrected chi connectivity index (χ0v) is 12.1. The van der Waals surface area contributed by atoms with E-state index in [9.17, 15) is 0 Å². The number of nitrogens with zero attached hydrogens (tertiary/aromatic N) is 1. The molecule has 0 aliphatic rings. The Hall–Kier alpha value is -1.37. The van der Waals surface area contributed by atoms with Crippen LogP contribution in [0.5, 0.6) is 0 Å². The van der Waals surface area contributed by atoms with Gasteiger partial charge in [-0.3, -0.25) is 4.98 Å². The molecule has 1 aromatic rings. The highest BCUT2D eigenvalue weighted by Crippen LogP contribution is 1.97. The Morgan fingerprint density at radius 2 is 1.82 bits per heavy atom. The van der Waals surface area contributed by atoms with Gasteiger partial charge in [-0.15, -0.1) is 0 Å². The fourth-order valence-electron chi connectivity index (χ4n) is 1.19. The van der Waals surface area contributed by atoms with Crippen LogP contribution in [0.25, 0.3) is 12.2 Å². The highest BCUT2D eigenvalue weighted by molar-refractivity contribution is 5.55. The van der Waals surface area contributed by atoms with Crippen molar-refractivity contribution in [2.45, 2.75) is 47.5 Å². The van der Waals surface area contributed by atoms with E-state index in [0.717, 1.165) is 16.9 Å². The van der Waals surface area contributed by atoms with Gasteiger partial charge in [0.05, 0.1) is 0 Å². The molecule has 0 radical (unpaired) electrons. The lowest BCUT2D eigenvalue weighted by Gasteiger charge is -1.95. The van der Waals surface area contributed by atoms with Crippen LogP contribution in [-0.2, 0) is 0 Å². The predicted molar refractivity (Wildman–Crippen MR) is 80.2 cm³/mol. The molecule has 1 heterocycles.